The van der Waals surface area contributed by atoms with Crippen molar-refractivity contribution < 1.29 is 9.47 Å². The summed E-state index contributed by atoms with van der Waals surface area (Å²) in [5.74, 6) is 0.831. The molecule has 1 atom stereocenters. The lowest BCUT2D eigenvalue weighted by atomic mass is 10.1. The molecule has 20 heavy (non-hydrogen) atoms. The van der Waals surface area contributed by atoms with Crippen LogP contribution in [0, 0.1) is 0 Å². The highest BCUT2D eigenvalue weighted by atomic mass is 16.5. The number of hydrogen-bond acceptors (Lipinski definition) is 5. The maximum absolute atomic E-state index is 5.78. The first-order chi connectivity index (χ1) is 9.67. The first-order valence-electron chi connectivity index (χ1n) is 7.39. The quantitative estimate of drug-likeness (QED) is 0.588. The molecule has 0 aromatic heterocycles. The third-order valence-corrected chi connectivity index (χ3v) is 3.30. The Morgan fingerprint density at radius 1 is 1.40 bits per heavy atom. The number of likely N-dealkylation sites (N-methyl/N-ethyl adjacent to an activating group) is 1. The molecule has 0 radical (unpaired) electrons. The highest BCUT2D eigenvalue weighted by Crippen LogP contribution is 2.18. The van der Waals surface area contributed by atoms with Crippen LogP contribution in [0.4, 0.5) is 0 Å². The summed E-state index contributed by atoms with van der Waals surface area (Å²) in [6.07, 6.45) is 5.79. The van der Waals surface area contributed by atoms with Gasteiger partial charge in [-0.15, -0.1) is 0 Å². The fraction of sp³-hybridized carbons (Fsp3) is 0.733. The van der Waals surface area contributed by atoms with E-state index < -0.39 is 0 Å². The van der Waals surface area contributed by atoms with Crippen molar-refractivity contribution >= 4 is 0 Å². The highest BCUT2D eigenvalue weighted by molar-refractivity contribution is 5.25. The van der Waals surface area contributed by atoms with Gasteiger partial charge in [-0.05, 0) is 20.0 Å². The normalized spacial score (nSPS) is 18.9. The van der Waals surface area contributed by atoms with E-state index in [0.29, 0.717) is 6.61 Å². The molecule has 0 aromatic carbocycles. The van der Waals surface area contributed by atoms with Gasteiger partial charge in [0.15, 0.2) is 0 Å². The molecule has 5 nitrogen and oxygen atoms in total. The number of nitrogens with zero attached hydrogens (tertiary/aromatic N) is 1. The Labute approximate surface area is 122 Å². The van der Waals surface area contributed by atoms with E-state index in [2.05, 4.69) is 24.2 Å². The van der Waals surface area contributed by atoms with Gasteiger partial charge in [-0.3, -0.25) is 0 Å². The fourth-order valence-corrected chi connectivity index (χ4v) is 2.15. The van der Waals surface area contributed by atoms with Crippen LogP contribution < -0.4 is 11.1 Å². The number of nitrogens with two attached hydrogens (primary N) is 1. The Balaban J connectivity index is 2.12. The molecule has 1 rings (SSSR count). The summed E-state index contributed by atoms with van der Waals surface area (Å²) in [4.78, 5) is 2.32. The number of nitrogens with one attached hydrogen (secondary N) is 1. The minimum atomic E-state index is -0.00186. The number of rotatable bonds is 10. The van der Waals surface area contributed by atoms with Crippen LogP contribution in [0.25, 0.3) is 0 Å². The third-order valence-electron chi connectivity index (χ3n) is 3.30. The maximum atomic E-state index is 5.78. The largest absolute Gasteiger partial charge is 0.494 e. The van der Waals surface area contributed by atoms with Gasteiger partial charge >= 0.3 is 0 Å². The minimum Gasteiger partial charge on any atom is -0.494 e. The molecule has 5 heteroatoms. The summed E-state index contributed by atoms with van der Waals surface area (Å²) in [5.41, 5.74) is 6.54. The van der Waals surface area contributed by atoms with Gasteiger partial charge in [-0.25, -0.2) is 0 Å². The van der Waals surface area contributed by atoms with Crippen LogP contribution in [0.5, 0.6) is 0 Å². The van der Waals surface area contributed by atoms with Crippen molar-refractivity contribution in [3.05, 3.63) is 23.6 Å². The molecular weight excluding hydrogens is 254 g/mol. The van der Waals surface area contributed by atoms with Gasteiger partial charge in [-0.2, -0.15) is 0 Å². The topological polar surface area (TPSA) is 59.8 Å². The summed E-state index contributed by atoms with van der Waals surface area (Å²) in [6.45, 7) is 6.85. The molecule has 3 N–H and O–H groups in total. The summed E-state index contributed by atoms with van der Waals surface area (Å²) in [7, 11) is 3.84. The van der Waals surface area contributed by atoms with Crippen molar-refractivity contribution in [3.63, 3.8) is 0 Å². The molecular formula is C15H29N3O2. The lowest BCUT2D eigenvalue weighted by Gasteiger charge is -2.22. The van der Waals surface area contributed by atoms with Crippen LogP contribution >= 0.6 is 0 Å². The van der Waals surface area contributed by atoms with Gasteiger partial charge in [-0.1, -0.05) is 13.0 Å². The molecule has 0 amide bonds. The summed E-state index contributed by atoms with van der Waals surface area (Å²) in [5, 5.41) is 3.38. The summed E-state index contributed by atoms with van der Waals surface area (Å²) >= 11 is 0. The van der Waals surface area contributed by atoms with E-state index >= 15 is 0 Å². The van der Waals surface area contributed by atoms with Crippen molar-refractivity contribution in [3.8, 4) is 0 Å². The second-order valence-corrected chi connectivity index (χ2v) is 5.11. The molecule has 0 spiro atoms. The van der Waals surface area contributed by atoms with Crippen molar-refractivity contribution in [1.29, 1.82) is 0 Å². The zero-order valence-electron chi connectivity index (χ0n) is 13.0. The molecule has 1 aliphatic rings. The standard InChI is InChI=1S/C15H29N3O2/c1-4-9-18(2)10-7-17-8-11-20-15-12-13(16)5-6-14(15)19-3/h5,12,14,17H,4,6-11,16H2,1-3H3. The van der Waals surface area contributed by atoms with Gasteiger partial charge < -0.3 is 25.4 Å². The molecule has 0 heterocycles. The van der Waals surface area contributed by atoms with E-state index in [0.717, 1.165) is 44.1 Å². The molecule has 116 valence electrons. The highest BCUT2D eigenvalue weighted by Gasteiger charge is 2.17. The predicted octanol–water partition coefficient (Wildman–Crippen LogP) is 1.08. The van der Waals surface area contributed by atoms with Gasteiger partial charge in [0.2, 0.25) is 0 Å². The lowest BCUT2D eigenvalue weighted by molar-refractivity contribution is 0.0635. The Morgan fingerprint density at radius 3 is 2.90 bits per heavy atom. The molecule has 1 aliphatic carbocycles. The molecule has 0 aromatic rings. The predicted molar refractivity (Wildman–Crippen MR) is 82.4 cm³/mol. The van der Waals surface area contributed by atoms with E-state index in [-0.39, 0.29) is 6.10 Å². The SMILES string of the molecule is CCCN(C)CCNCCOC1=CC(N)=CCC1OC. The number of allylic oxidation sites excluding steroid dienone is 1. The van der Waals surface area contributed by atoms with Crippen molar-refractivity contribution in [1.82, 2.24) is 10.2 Å². The van der Waals surface area contributed by atoms with Crippen LogP contribution in [0.1, 0.15) is 19.8 Å². The van der Waals surface area contributed by atoms with Gasteiger partial charge in [0.05, 0.1) is 0 Å². The van der Waals surface area contributed by atoms with E-state index in [1.54, 1.807) is 7.11 Å². The molecule has 1 unspecified atom stereocenters. The smallest absolute Gasteiger partial charge is 0.127 e. The zero-order chi connectivity index (χ0) is 14.8. The van der Waals surface area contributed by atoms with Gasteiger partial charge in [0.25, 0.3) is 0 Å². The van der Waals surface area contributed by atoms with Crippen molar-refractivity contribution in [2.24, 2.45) is 5.73 Å². The maximum Gasteiger partial charge on any atom is 0.127 e. The average molecular weight is 283 g/mol. The van der Waals surface area contributed by atoms with Gasteiger partial charge in [0, 0.05) is 44.9 Å². The van der Waals surface area contributed by atoms with E-state index in [1.807, 2.05) is 12.2 Å². The van der Waals surface area contributed by atoms with Crippen LogP contribution in [0.2, 0.25) is 0 Å². The molecule has 0 bridgehead atoms. The van der Waals surface area contributed by atoms with E-state index in [9.17, 15) is 0 Å². The van der Waals surface area contributed by atoms with E-state index in [4.69, 9.17) is 15.2 Å². The lowest BCUT2D eigenvalue weighted by Crippen LogP contribution is -2.32. The third kappa shape index (κ3) is 6.41. The number of ether oxygens (including phenoxy) is 2. The van der Waals surface area contributed by atoms with Crippen molar-refractivity contribution in [2.45, 2.75) is 25.9 Å². The number of hydrogen-bond donors (Lipinski definition) is 2. The fourth-order valence-electron chi connectivity index (χ4n) is 2.15. The van der Waals surface area contributed by atoms with Crippen LogP contribution in [0.3, 0.4) is 0 Å². The molecule has 0 fully saturated rings. The van der Waals surface area contributed by atoms with Crippen LogP contribution in [-0.4, -0.2) is 57.9 Å². The Morgan fingerprint density at radius 2 is 2.20 bits per heavy atom. The summed E-state index contributed by atoms with van der Waals surface area (Å²) in [6, 6.07) is 0. The van der Waals surface area contributed by atoms with E-state index in [1.165, 1.54) is 6.42 Å². The molecule has 0 saturated carbocycles. The first-order valence-corrected chi connectivity index (χ1v) is 7.39. The zero-order valence-corrected chi connectivity index (χ0v) is 13.0. The molecule has 0 saturated heterocycles. The second-order valence-electron chi connectivity index (χ2n) is 5.11. The van der Waals surface area contributed by atoms with Gasteiger partial charge in [0.1, 0.15) is 18.5 Å². The number of methoxy groups -OCH3 is 1. The Kier molecular flexibility index (Phi) is 8.34. The second kappa shape index (κ2) is 9.80. The minimum absolute atomic E-state index is 0.00186. The Bertz CT molecular complexity index is 329. The van der Waals surface area contributed by atoms with Crippen molar-refractivity contribution in [2.75, 3.05) is 46.9 Å². The first kappa shape index (κ1) is 17.0. The Hall–Kier alpha value is -1.04. The summed E-state index contributed by atoms with van der Waals surface area (Å²) < 4.78 is 11.1. The van der Waals surface area contributed by atoms with Crippen LogP contribution in [0.15, 0.2) is 23.6 Å². The van der Waals surface area contributed by atoms with Crippen LogP contribution in [-0.2, 0) is 9.47 Å². The average Bonchev–Trinajstić information content (AvgIpc) is 2.43. The monoisotopic (exact) mass is 283 g/mol. The molecule has 0 aliphatic heterocycles.